The van der Waals surface area contributed by atoms with Crippen molar-refractivity contribution >= 4 is 18.3 Å². The Morgan fingerprint density at radius 1 is 1.33 bits per heavy atom. The molecule has 0 aliphatic carbocycles. The first-order valence-corrected chi connectivity index (χ1v) is 7.32. The Kier molecular flexibility index (Phi) is 7.15. The predicted octanol–water partition coefficient (Wildman–Crippen LogP) is 2.43. The highest BCUT2D eigenvalue weighted by atomic mass is 35.5. The number of carbonyl (C=O) groups is 1. The summed E-state index contributed by atoms with van der Waals surface area (Å²) in [5.74, 6) is -0.216. The number of ether oxygens (including phenoxy) is 1. The fourth-order valence-electron chi connectivity index (χ4n) is 2.44. The molecule has 1 aliphatic heterocycles. The third kappa shape index (κ3) is 4.70. The van der Waals surface area contributed by atoms with Gasteiger partial charge in [0, 0.05) is 18.6 Å². The molecular weight excluding hydrogens is 288 g/mol. The molecule has 3 N–H and O–H groups in total. The van der Waals surface area contributed by atoms with Crippen LogP contribution >= 0.6 is 12.4 Å². The lowest BCUT2D eigenvalue weighted by molar-refractivity contribution is -0.126. The highest BCUT2D eigenvalue weighted by molar-refractivity contribution is 5.85. The van der Waals surface area contributed by atoms with Crippen molar-refractivity contribution in [3.63, 3.8) is 0 Å². The molecule has 1 amide bonds. The second kappa shape index (κ2) is 8.37. The molecule has 118 valence electrons. The van der Waals surface area contributed by atoms with Gasteiger partial charge in [-0.05, 0) is 25.3 Å². The lowest BCUT2D eigenvalue weighted by atomic mass is 9.97. The van der Waals surface area contributed by atoms with Crippen LogP contribution < -0.4 is 11.1 Å². The maximum absolute atomic E-state index is 12.3. The summed E-state index contributed by atoms with van der Waals surface area (Å²) < 4.78 is 5.76. The SMILES string of the molecule is CC(N)C(C)C(=O)NC(c1ccccc1)C1CCCO1.Cl. The topological polar surface area (TPSA) is 64.4 Å². The number of halogens is 1. The van der Waals surface area contributed by atoms with E-state index < -0.39 is 0 Å². The lowest BCUT2D eigenvalue weighted by Gasteiger charge is -2.27. The van der Waals surface area contributed by atoms with E-state index in [9.17, 15) is 4.79 Å². The summed E-state index contributed by atoms with van der Waals surface area (Å²) in [6, 6.07) is 9.76. The van der Waals surface area contributed by atoms with Gasteiger partial charge in [0.2, 0.25) is 5.91 Å². The summed E-state index contributed by atoms with van der Waals surface area (Å²) in [6.45, 7) is 4.48. The van der Waals surface area contributed by atoms with E-state index in [1.165, 1.54) is 0 Å². The fourth-order valence-corrected chi connectivity index (χ4v) is 2.44. The molecule has 1 heterocycles. The zero-order valence-corrected chi connectivity index (χ0v) is 13.4. The van der Waals surface area contributed by atoms with Gasteiger partial charge in [0.15, 0.2) is 0 Å². The van der Waals surface area contributed by atoms with Crippen LogP contribution in [0.1, 0.15) is 38.3 Å². The molecule has 4 atom stereocenters. The number of benzene rings is 1. The molecule has 0 spiro atoms. The molecule has 5 heteroatoms. The third-order valence-electron chi connectivity index (χ3n) is 4.00. The van der Waals surface area contributed by atoms with E-state index >= 15 is 0 Å². The highest BCUT2D eigenvalue weighted by Gasteiger charge is 2.30. The second-order valence-corrected chi connectivity index (χ2v) is 5.60. The van der Waals surface area contributed by atoms with Crippen molar-refractivity contribution in [1.29, 1.82) is 0 Å². The Hall–Kier alpha value is -1.10. The Balaban J connectivity index is 0.00000220. The molecule has 0 saturated carbocycles. The largest absolute Gasteiger partial charge is 0.376 e. The number of amides is 1. The highest BCUT2D eigenvalue weighted by Crippen LogP contribution is 2.27. The Labute approximate surface area is 132 Å². The summed E-state index contributed by atoms with van der Waals surface area (Å²) in [7, 11) is 0. The molecule has 0 bridgehead atoms. The minimum absolute atomic E-state index is 0. The van der Waals surface area contributed by atoms with Crippen LogP contribution in [-0.2, 0) is 9.53 Å². The maximum atomic E-state index is 12.3. The molecular formula is C16H25ClN2O2. The van der Waals surface area contributed by atoms with Gasteiger partial charge in [-0.25, -0.2) is 0 Å². The summed E-state index contributed by atoms with van der Waals surface area (Å²) in [4.78, 5) is 12.3. The lowest BCUT2D eigenvalue weighted by Crippen LogP contribution is -2.43. The van der Waals surface area contributed by atoms with Crippen LogP contribution in [0.5, 0.6) is 0 Å². The van der Waals surface area contributed by atoms with Crippen LogP contribution in [0.4, 0.5) is 0 Å². The van der Waals surface area contributed by atoms with Gasteiger partial charge >= 0.3 is 0 Å². The van der Waals surface area contributed by atoms with Crippen molar-refractivity contribution in [3.05, 3.63) is 35.9 Å². The van der Waals surface area contributed by atoms with Gasteiger partial charge in [-0.3, -0.25) is 4.79 Å². The molecule has 1 aromatic carbocycles. The molecule has 1 aromatic rings. The van der Waals surface area contributed by atoms with Gasteiger partial charge in [-0.1, -0.05) is 37.3 Å². The van der Waals surface area contributed by atoms with Crippen LogP contribution in [0.3, 0.4) is 0 Å². The molecule has 2 rings (SSSR count). The molecule has 4 nitrogen and oxygen atoms in total. The maximum Gasteiger partial charge on any atom is 0.224 e. The Bertz CT molecular complexity index is 433. The van der Waals surface area contributed by atoms with Crippen molar-refractivity contribution in [3.8, 4) is 0 Å². The van der Waals surface area contributed by atoms with Gasteiger partial charge in [-0.2, -0.15) is 0 Å². The second-order valence-electron chi connectivity index (χ2n) is 5.60. The van der Waals surface area contributed by atoms with Crippen molar-refractivity contribution in [1.82, 2.24) is 5.32 Å². The quantitative estimate of drug-likeness (QED) is 0.877. The molecule has 1 saturated heterocycles. The van der Waals surface area contributed by atoms with Crippen LogP contribution in [-0.4, -0.2) is 24.7 Å². The number of rotatable bonds is 5. The Morgan fingerprint density at radius 2 is 2.00 bits per heavy atom. The van der Waals surface area contributed by atoms with Gasteiger partial charge in [0.1, 0.15) is 0 Å². The van der Waals surface area contributed by atoms with Crippen molar-refractivity contribution in [2.45, 2.75) is 44.9 Å². The standard InChI is InChI=1S/C16H24N2O2.ClH/c1-11(12(2)17)16(19)18-15(14-9-6-10-20-14)13-7-4-3-5-8-13;/h3-5,7-8,11-12,14-15H,6,9-10,17H2,1-2H3,(H,18,19);1H. The number of nitrogens with one attached hydrogen (secondary N) is 1. The average Bonchev–Trinajstić information content (AvgIpc) is 2.98. The summed E-state index contributed by atoms with van der Waals surface area (Å²) >= 11 is 0. The smallest absolute Gasteiger partial charge is 0.224 e. The minimum atomic E-state index is -0.206. The molecule has 0 aromatic heterocycles. The van der Waals surface area contributed by atoms with Crippen LogP contribution in [0.2, 0.25) is 0 Å². The Morgan fingerprint density at radius 3 is 2.52 bits per heavy atom. The van der Waals surface area contributed by atoms with Gasteiger partial charge in [0.05, 0.1) is 12.1 Å². The van der Waals surface area contributed by atoms with Crippen molar-refractivity contribution in [2.75, 3.05) is 6.61 Å². The summed E-state index contributed by atoms with van der Waals surface area (Å²) in [5, 5.41) is 3.11. The summed E-state index contributed by atoms with van der Waals surface area (Å²) in [6.07, 6.45) is 2.08. The van der Waals surface area contributed by atoms with E-state index in [0.717, 1.165) is 25.0 Å². The number of carbonyl (C=O) groups excluding carboxylic acids is 1. The first kappa shape index (κ1) is 18.0. The van der Waals surface area contributed by atoms with E-state index in [1.807, 2.05) is 44.2 Å². The van der Waals surface area contributed by atoms with Crippen molar-refractivity contribution < 1.29 is 9.53 Å². The molecule has 0 radical (unpaired) electrons. The minimum Gasteiger partial charge on any atom is -0.376 e. The normalized spacial score (nSPS) is 22.0. The first-order valence-electron chi connectivity index (χ1n) is 7.32. The fraction of sp³-hybridized carbons (Fsp3) is 0.562. The number of nitrogens with two attached hydrogens (primary N) is 1. The van der Waals surface area contributed by atoms with E-state index in [0.29, 0.717) is 0 Å². The predicted molar refractivity (Wildman–Crippen MR) is 86.4 cm³/mol. The average molecular weight is 313 g/mol. The van der Waals surface area contributed by atoms with Crippen LogP contribution in [0.25, 0.3) is 0 Å². The molecule has 4 unspecified atom stereocenters. The van der Waals surface area contributed by atoms with Gasteiger partial charge in [0.25, 0.3) is 0 Å². The van der Waals surface area contributed by atoms with E-state index in [2.05, 4.69) is 5.32 Å². The monoisotopic (exact) mass is 312 g/mol. The molecule has 1 aliphatic rings. The third-order valence-corrected chi connectivity index (χ3v) is 4.00. The number of hydrogen-bond donors (Lipinski definition) is 2. The molecule has 21 heavy (non-hydrogen) atoms. The zero-order chi connectivity index (χ0) is 14.5. The van der Waals surface area contributed by atoms with E-state index in [-0.39, 0.29) is 42.4 Å². The molecule has 1 fully saturated rings. The number of hydrogen-bond acceptors (Lipinski definition) is 3. The zero-order valence-electron chi connectivity index (χ0n) is 12.6. The van der Waals surface area contributed by atoms with Crippen molar-refractivity contribution in [2.24, 2.45) is 11.7 Å². The van der Waals surface area contributed by atoms with Crippen LogP contribution in [0, 0.1) is 5.92 Å². The van der Waals surface area contributed by atoms with E-state index in [1.54, 1.807) is 0 Å². The van der Waals surface area contributed by atoms with Gasteiger partial charge in [-0.15, -0.1) is 12.4 Å². The summed E-state index contributed by atoms with van der Waals surface area (Å²) in [5.41, 5.74) is 6.90. The first-order chi connectivity index (χ1) is 9.59. The van der Waals surface area contributed by atoms with Gasteiger partial charge < -0.3 is 15.8 Å². The van der Waals surface area contributed by atoms with E-state index in [4.69, 9.17) is 10.5 Å². The van der Waals surface area contributed by atoms with Crippen LogP contribution in [0.15, 0.2) is 30.3 Å².